The number of hydrogen-bond donors (Lipinski definition) is 1. The number of anilines is 2. The molecule has 0 fully saturated rings. The molecular weight excluding hydrogens is 346 g/mol. The minimum atomic E-state index is 0.742. The summed E-state index contributed by atoms with van der Waals surface area (Å²) in [6.45, 7) is 2.07. The number of rotatable bonds is 5. The number of hydrogen-bond acceptors (Lipinski definition) is 5. The summed E-state index contributed by atoms with van der Waals surface area (Å²) in [6.07, 6.45) is 0. The van der Waals surface area contributed by atoms with E-state index >= 15 is 0 Å². The van der Waals surface area contributed by atoms with Crippen LogP contribution in [0.25, 0.3) is 16.2 Å². The summed E-state index contributed by atoms with van der Waals surface area (Å²) in [5.74, 6) is 2.41. The predicted molar refractivity (Wildman–Crippen MR) is 106 cm³/mol. The number of pyridine rings is 1. The maximum atomic E-state index is 5.52. The van der Waals surface area contributed by atoms with Gasteiger partial charge in [-0.05, 0) is 42.6 Å². The first-order chi connectivity index (χ1) is 12.7. The van der Waals surface area contributed by atoms with E-state index in [1.165, 1.54) is 0 Å². The summed E-state index contributed by atoms with van der Waals surface area (Å²) in [5, 5.41) is 5.58. The Morgan fingerprint density at radius 3 is 2.65 bits per heavy atom. The van der Waals surface area contributed by atoms with Crippen LogP contribution in [0.5, 0.6) is 11.5 Å². The van der Waals surface area contributed by atoms with Crippen LogP contribution in [-0.4, -0.2) is 23.6 Å². The highest BCUT2D eigenvalue weighted by atomic mass is 32.1. The molecule has 0 aliphatic rings. The van der Waals surface area contributed by atoms with Crippen molar-refractivity contribution in [3.63, 3.8) is 0 Å². The molecule has 132 valence electrons. The molecule has 4 rings (SSSR count). The van der Waals surface area contributed by atoms with Gasteiger partial charge >= 0.3 is 0 Å². The van der Waals surface area contributed by atoms with E-state index in [0.29, 0.717) is 0 Å². The van der Waals surface area contributed by atoms with Gasteiger partial charge in [-0.2, -0.15) is 0 Å². The fraction of sp³-hybridized carbons (Fsp3) is 0.150. The largest absolute Gasteiger partial charge is 0.497 e. The molecule has 4 aromatic rings. The number of benzene rings is 1. The van der Waals surface area contributed by atoms with Crippen LogP contribution < -0.4 is 14.8 Å². The highest BCUT2D eigenvalue weighted by Crippen LogP contribution is 2.37. The van der Waals surface area contributed by atoms with Crippen molar-refractivity contribution >= 4 is 28.5 Å². The van der Waals surface area contributed by atoms with Crippen molar-refractivity contribution < 1.29 is 9.47 Å². The number of thiophene rings is 1. The van der Waals surface area contributed by atoms with Crippen LogP contribution >= 0.6 is 11.3 Å². The number of aryl methyl sites for hydroxylation is 1. The molecule has 0 unspecified atom stereocenters. The molecule has 0 saturated carbocycles. The average Bonchev–Trinajstić information content (AvgIpc) is 3.30. The first-order valence-electron chi connectivity index (χ1n) is 8.22. The standard InChI is InChI=1S/C20H19N3O2S/c1-13-6-4-8-18-22-19(17-7-5-11-26-17)20(23(13)18)21-15-12-14(24-2)9-10-16(15)25-3/h4-12,21H,1-3H3. The lowest BCUT2D eigenvalue weighted by Crippen LogP contribution is -2.01. The third kappa shape index (κ3) is 2.78. The van der Waals surface area contributed by atoms with Gasteiger partial charge in [-0.15, -0.1) is 11.3 Å². The maximum absolute atomic E-state index is 5.52. The first-order valence-corrected chi connectivity index (χ1v) is 9.10. The molecule has 0 amide bonds. The Labute approximate surface area is 155 Å². The van der Waals surface area contributed by atoms with Crippen molar-refractivity contribution in [1.82, 2.24) is 9.38 Å². The number of imidazole rings is 1. The SMILES string of the molecule is COc1ccc(OC)c(Nc2c(-c3cccs3)nc3cccc(C)n23)c1. The van der Waals surface area contributed by atoms with Crippen LogP contribution in [0.1, 0.15) is 5.69 Å². The lowest BCUT2D eigenvalue weighted by molar-refractivity contribution is 0.405. The molecule has 0 aliphatic heterocycles. The molecule has 0 bridgehead atoms. The molecule has 1 N–H and O–H groups in total. The highest BCUT2D eigenvalue weighted by molar-refractivity contribution is 7.13. The topological polar surface area (TPSA) is 47.8 Å². The van der Waals surface area contributed by atoms with Gasteiger partial charge in [0.1, 0.15) is 28.7 Å². The second-order valence-electron chi connectivity index (χ2n) is 5.84. The molecule has 0 radical (unpaired) electrons. The Balaban J connectivity index is 1.92. The van der Waals surface area contributed by atoms with E-state index in [-0.39, 0.29) is 0 Å². The Kier molecular flexibility index (Phi) is 4.26. The van der Waals surface area contributed by atoms with Crippen molar-refractivity contribution in [1.29, 1.82) is 0 Å². The van der Waals surface area contributed by atoms with Gasteiger partial charge in [0.05, 0.1) is 24.8 Å². The molecular formula is C20H19N3O2S. The Morgan fingerprint density at radius 2 is 1.92 bits per heavy atom. The molecule has 3 aromatic heterocycles. The van der Waals surface area contributed by atoms with Crippen LogP contribution in [-0.2, 0) is 0 Å². The van der Waals surface area contributed by atoms with Gasteiger partial charge in [0.15, 0.2) is 0 Å². The maximum Gasteiger partial charge on any atom is 0.144 e. The summed E-state index contributed by atoms with van der Waals surface area (Å²) < 4.78 is 13.0. The summed E-state index contributed by atoms with van der Waals surface area (Å²) in [7, 11) is 3.31. The molecule has 3 heterocycles. The van der Waals surface area contributed by atoms with Crippen LogP contribution in [0.3, 0.4) is 0 Å². The van der Waals surface area contributed by atoms with Crippen molar-refractivity contribution in [2.24, 2.45) is 0 Å². The summed E-state index contributed by atoms with van der Waals surface area (Å²) in [4.78, 5) is 5.96. The van der Waals surface area contributed by atoms with Crippen molar-refractivity contribution in [3.8, 4) is 22.1 Å². The van der Waals surface area contributed by atoms with Crippen molar-refractivity contribution in [2.75, 3.05) is 19.5 Å². The number of fused-ring (bicyclic) bond motifs is 1. The molecule has 5 nitrogen and oxygen atoms in total. The Morgan fingerprint density at radius 1 is 1.04 bits per heavy atom. The van der Waals surface area contributed by atoms with Crippen LogP contribution in [0.2, 0.25) is 0 Å². The normalized spacial score (nSPS) is 10.9. The highest BCUT2D eigenvalue weighted by Gasteiger charge is 2.18. The monoisotopic (exact) mass is 365 g/mol. The minimum absolute atomic E-state index is 0.742. The Hall–Kier alpha value is -2.99. The van der Waals surface area contributed by atoms with Gasteiger partial charge in [-0.3, -0.25) is 4.40 Å². The van der Waals surface area contributed by atoms with E-state index in [2.05, 4.69) is 34.2 Å². The molecule has 0 saturated heterocycles. The van der Waals surface area contributed by atoms with Crippen LogP contribution in [0.15, 0.2) is 53.9 Å². The summed E-state index contributed by atoms with van der Waals surface area (Å²) >= 11 is 1.67. The van der Waals surface area contributed by atoms with Gasteiger partial charge < -0.3 is 14.8 Å². The van der Waals surface area contributed by atoms with Crippen LogP contribution in [0.4, 0.5) is 11.5 Å². The molecule has 0 spiro atoms. The van der Waals surface area contributed by atoms with Gasteiger partial charge in [-0.25, -0.2) is 4.98 Å². The molecule has 26 heavy (non-hydrogen) atoms. The number of methoxy groups -OCH3 is 2. The summed E-state index contributed by atoms with van der Waals surface area (Å²) in [5.41, 5.74) is 3.74. The minimum Gasteiger partial charge on any atom is -0.497 e. The lowest BCUT2D eigenvalue weighted by Gasteiger charge is -2.14. The summed E-state index contributed by atoms with van der Waals surface area (Å²) in [6, 6.07) is 15.9. The van der Waals surface area contributed by atoms with E-state index in [1.807, 2.05) is 36.4 Å². The molecule has 0 atom stereocenters. The quantitative estimate of drug-likeness (QED) is 0.532. The van der Waals surface area contributed by atoms with Gasteiger partial charge in [0, 0.05) is 11.8 Å². The van der Waals surface area contributed by atoms with Crippen molar-refractivity contribution in [3.05, 3.63) is 59.6 Å². The third-order valence-corrected chi connectivity index (χ3v) is 5.13. The zero-order valence-electron chi connectivity index (χ0n) is 14.8. The fourth-order valence-electron chi connectivity index (χ4n) is 2.99. The van der Waals surface area contributed by atoms with Crippen LogP contribution in [0, 0.1) is 6.92 Å². The second-order valence-corrected chi connectivity index (χ2v) is 6.79. The second kappa shape index (κ2) is 6.72. The van der Waals surface area contributed by atoms with Crippen molar-refractivity contribution in [2.45, 2.75) is 6.92 Å². The smallest absolute Gasteiger partial charge is 0.144 e. The molecule has 1 aromatic carbocycles. The molecule has 0 aliphatic carbocycles. The average molecular weight is 365 g/mol. The predicted octanol–water partition coefficient (Wildman–Crippen LogP) is 5.13. The number of ether oxygens (including phenoxy) is 2. The Bertz CT molecular complexity index is 1050. The third-order valence-electron chi connectivity index (χ3n) is 4.25. The van der Waals surface area contributed by atoms with E-state index in [1.54, 1.807) is 25.6 Å². The number of nitrogens with one attached hydrogen (secondary N) is 1. The van der Waals surface area contributed by atoms with Gasteiger partial charge in [0.25, 0.3) is 0 Å². The zero-order valence-corrected chi connectivity index (χ0v) is 15.6. The molecule has 6 heteroatoms. The van der Waals surface area contributed by atoms with E-state index in [9.17, 15) is 0 Å². The van der Waals surface area contributed by atoms with Gasteiger partial charge in [-0.1, -0.05) is 12.1 Å². The lowest BCUT2D eigenvalue weighted by atomic mass is 10.2. The number of nitrogens with zero attached hydrogens (tertiary/aromatic N) is 2. The van der Waals surface area contributed by atoms with E-state index < -0.39 is 0 Å². The number of aromatic nitrogens is 2. The zero-order chi connectivity index (χ0) is 18.1. The van der Waals surface area contributed by atoms with E-state index in [4.69, 9.17) is 14.5 Å². The van der Waals surface area contributed by atoms with E-state index in [0.717, 1.165) is 44.9 Å². The first kappa shape index (κ1) is 16.5. The van der Waals surface area contributed by atoms with Gasteiger partial charge in [0.2, 0.25) is 0 Å². The fourth-order valence-corrected chi connectivity index (χ4v) is 3.71.